The molecule has 0 aliphatic rings. The van der Waals surface area contributed by atoms with Crippen molar-refractivity contribution in [3.63, 3.8) is 0 Å². The highest BCUT2D eigenvalue weighted by Crippen LogP contribution is 2.19. The molecule has 0 amide bonds. The fraction of sp³-hybridized carbons (Fsp3) is 0.385. The Bertz CT molecular complexity index is 617. The summed E-state index contributed by atoms with van der Waals surface area (Å²) < 4.78 is 40.9. The molecule has 0 saturated heterocycles. The van der Waals surface area contributed by atoms with Crippen LogP contribution in [0.4, 0.5) is 18.9 Å². The normalized spacial score (nSPS) is 11.7. The van der Waals surface area contributed by atoms with E-state index in [0.29, 0.717) is 11.8 Å². The lowest BCUT2D eigenvalue weighted by atomic mass is 10.1. The minimum atomic E-state index is -1.22. The van der Waals surface area contributed by atoms with Gasteiger partial charge in [-0.3, -0.25) is 0 Å². The Balaban J connectivity index is 2.09. The monoisotopic (exact) mass is 284 g/mol. The van der Waals surface area contributed by atoms with Crippen molar-refractivity contribution in [3.05, 3.63) is 41.5 Å². The number of nitrogens with one attached hydrogen (secondary N) is 1. The summed E-state index contributed by atoms with van der Waals surface area (Å²) in [6.45, 7) is 6.06. The van der Waals surface area contributed by atoms with E-state index in [1.54, 1.807) is 10.9 Å². The number of anilines is 1. The number of benzene rings is 1. The van der Waals surface area contributed by atoms with Crippen molar-refractivity contribution in [2.75, 3.05) is 5.32 Å². The molecule has 1 N–H and O–H groups in total. The Hall–Kier alpha value is -2.05. The van der Waals surface area contributed by atoms with Gasteiger partial charge in [0.15, 0.2) is 11.6 Å². The molecule has 108 valence electrons. The minimum absolute atomic E-state index is 0.116. The predicted molar refractivity (Wildman–Crippen MR) is 68.7 cm³/mol. The van der Waals surface area contributed by atoms with Crippen molar-refractivity contribution >= 4 is 5.69 Å². The lowest BCUT2D eigenvalue weighted by Gasteiger charge is -2.17. The number of nitrogens with zero attached hydrogens (tertiary/aromatic N) is 3. The summed E-state index contributed by atoms with van der Waals surface area (Å²) >= 11 is 0. The van der Waals surface area contributed by atoms with Gasteiger partial charge < -0.3 is 5.32 Å². The summed E-state index contributed by atoms with van der Waals surface area (Å²) in [6, 6.07) is 1.28. The number of rotatable bonds is 3. The highest BCUT2D eigenvalue weighted by atomic mass is 19.2. The molecule has 0 saturated carbocycles. The van der Waals surface area contributed by atoms with Crippen LogP contribution >= 0.6 is 0 Å². The smallest absolute Gasteiger partial charge is 0.161 e. The molecule has 1 heterocycles. The van der Waals surface area contributed by atoms with Gasteiger partial charge in [0.25, 0.3) is 0 Å². The molecule has 0 atom stereocenters. The second-order valence-electron chi connectivity index (χ2n) is 5.42. The first-order chi connectivity index (χ1) is 9.27. The summed E-state index contributed by atoms with van der Waals surface area (Å²) in [5.41, 5.74) is 0.247. The maximum absolute atomic E-state index is 13.4. The van der Waals surface area contributed by atoms with Crippen molar-refractivity contribution in [3.8, 4) is 0 Å². The average Bonchev–Trinajstić information content (AvgIpc) is 2.80. The molecule has 1 aromatic carbocycles. The highest BCUT2D eigenvalue weighted by molar-refractivity contribution is 5.45. The van der Waals surface area contributed by atoms with Crippen LogP contribution in [0.5, 0.6) is 0 Å². The maximum Gasteiger partial charge on any atom is 0.161 e. The largest absolute Gasteiger partial charge is 0.377 e. The average molecular weight is 284 g/mol. The molecule has 0 aliphatic carbocycles. The molecule has 4 nitrogen and oxygen atoms in total. The van der Waals surface area contributed by atoms with Gasteiger partial charge in [-0.05, 0) is 20.8 Å². The zero-order valence-corrected chi connectivity index (χ0v) is 11.4. The molecular weight excluding hydrogens is 269 g/mol. The minimum Gasteiger partial charge on any atom is -0.377 e. The van der Waals surface area contributed by atoms with Gasteiger partial charge in [0, 0.05) is 12.1 Å². The van der Waals surface area contributed by atoms with Crippen LogP contribution in [0, 0.1) is 17.5 Å². The molecule has 2 aromatic rings. The first-order valence-electron chi connectivity index (χ1n) is 6.07. The van der Waals surface area contributed by atoms with Gasteiger partial charge in [0.1, 0.15) is 11.5 Å². The fourth-order valence-corrected chi connectivity index (χ4v) is 1.55. The molecule has 0 radical (unpaired) electrons. The topological polar surface area (TPSA) is 42.7 Å². The molecule has 0 fully saturated rings. The van der Waals surface area contributed by atoms with E-state index in [4.69, 9.17) is 0 Å². The molecule has 0 spiro atoms. The van der Waals surface area contributed by atoms with Crippen LogP contribution in [0.1, 0.15) is 26.5 Å². The van der Waals surface area contributed by atoms with Gasteiger partial charge in [-0.1, -0.05) is 5.21 Å². The third-order valence-corrected chi connectivity index (χ3v) is 2.70. The van der Waals surface area contributed by atoms with Crippen LogP contribution in [0.3, 0.4) is 0 Å². The van der Waals surface area contributed by atoms with Gasteiger partial charge in [-0.2, -0.15) is 0 Å². The number of hydrogen-bond acceptors (Lipinski definition) is 3. The summed E-state index contributed by atoms with van der Waals surface area (Å²) in [5.74, 6) is -3.17. The molecule has 2 rings (SSSR count). The van der Waals surface area contributed by atoms with E-state index in [-0.39, 0.29) is 17.8 Å². The zero-order chi connectivity index (χ0) is 14.9. The van der Waals surface area contributed by atoms with Crippen molar-refractivity contribution in [1.29, 1.82) is 0 Å². The van der Waals surface area contributed by atoms with Crippen molar-refractivity contribution in [2.45, 2.75) is 32.9 Å². The van der Waals surface area contributed by atoms with E-state index in [1.807, 2.05) is 20.8 Å². The highest BCUT2D eigenvalue weighted by Gasteiger charge is 2.15. The van der Waals surface area contributed by atoms with Crippen LogP contribution < -0.4 is 5.32 Å². The third kappa shape index (κ3) is 3.09. The molecule has 20 heavy (non-hydrogen) atoms. The zero-order valence-electron chi connectivity index (χ0n) is 11.4. The van der Waals surface area contributed by atoms with Gasteiger partial charge in [0.05, 0.1) is 24.0 Å². The van der Waals surface area contributed by atoms with E-state index in [0.717, 1.165) is 6.07 Å². The standard InChI is InChI=1S/C13H15F3N4/c1-13(2,3)20-7-8(18-19-20)6-17-12-5-10(15)9(14)4-11(12)16/h4-5,7,17H,6H2,1-3H3. The summed E-state index contributed by atoms with van der Waals surface area (Å²) in [7, 11) is 0. The van der Waals surface area contributed by atoms with Crippen LogP contribution in [0.15, 0.2) is 18.3 Å². The Morgan fingerprint density at radius 1 is 1.10 bits per heavy atom. The quantitative estimate of drug-likeness (QED) is 0.881. The van der Waals surface area contributed by atoms with Crippen molar-refractivity contribution < 1.29 is 13.2 Å². The maximum atomic E-state index is 13.4. The van der Waals surface area contributed by atoms with Crippen LogP contribution in [-0.4, -0.2) is 15.0 Å². The summed E-state index contributed by atoms with van der Waals surface area (Å²) in [6.07, 6.45) is 1.71. The van der Waals surface area contributed by atoms with E-state index in [2.05, 4.69) is 15.6 Å². The molecular formula is C13H15F3N4. The Kier molecular flexibility index (Phi) is 3.69. The van der Waals surface area contributed by atoms with E-state index >= 15 is 0 Å². The SMILES string of the molecule is CC(C)(C)n1cc(CNc2cc(F)c(F)cc2F)nn1. The lowest BCUT2D eigenvalue weighted by Crippen LogP contribution is -2.22. The summed E-state index contributed by atoms with van der Waals surface area (Å²) in [4.78, 5) is 0. The Labute approximate surface area is 114 Å². The number of hydrogen-bond donors (Lipinski definition) is 1. The first kappa shape index (κ1) is 14.4. The van der Waals surface area contributed by atoms with E-state index < -0.39 is 17.5 Å². The van der Waals surface area contributed by atoms with Gasteiger partial charge in [-0.25, -0.2) is 17.9 Å². The van der Waals surface area contributed by atoms with Crippen LogP contribution in [-0.2, 0) is 12.1 Å². The Morgan fingerprint density at radius 2 is 1.75 bits per heavy atom. The van der Waals surface area contributed by atoms with Gasteiger partial charge >= 0.3 is 0 Å². The molecule has 7 heteroatoms. The molecule has 0 unspecified atom stereocenters. The first-order valence-corrected chi connectivity index (χ1v) is 6.07. The van der Waals surface area contributed by atoms with E-state index in [1.165, 1.54) is 0 Å². The van der Waals surface area contributed by atoms with Crippen LogP contribution in [0.2, 0.25) is 0 Å². The second kappa shape index (κ2) is 5.15. The molecule has 0 aliphatic heterocycles. The second-order valence-corrected chi connectivity index (χ2v) is 5.42. The Morgan fingerprint density at radius 3 is 2.35 bits per heavy atom. The fourth-order valence-electron chi connectivity index (χ4n) is 1.55. The predicted octanol–water partition coefficient (Wildman–Crippen LogP) is 3.06. The molecule has 0 bridgehead atoms. The molecule has 1 aromatic heterocycles. The van der Waals surface area contributed by atoms with Gasteiger partial charge in [-0.15, -0.1) is 5.10 Å². The lowest BCUT2D eigenvalue weighted by molar-refractivity contribution is 0.347. The number of halogens is 3. The van der Waals surface area contributed by atoms with Crippen molar-refractivity contribution in [1.82, 2.24) is 15.0 Å². The summed E-state index contributed by atoms with van der Waals surface area (Å²) in [5, 5.41) is 10.5. The van der Waals surface area contributed by atoms with E-state index in [9.17, 15) is 13.2 Å². The van der Waals surface area contributed by atoms with Crippen LogP contribution in [0.25, 0.3) is 0 Å². The number of aromatic nitrogens is 3. The third-order valence-electron chi connectivity index (χ3n) is 2.70. The van der Waals surface area contributed by atoms with Crippen molar-refractivity contribution in [2.24, 2.45) is 0 Å². The van der Waals surface area contributed by atoms with Gasteiger partial charge in [0.2, 0.25) is 0 Å².